The third kappa shape index (κ3) is 4.56. The lowest BCUT2D eigenvalue weighted by molar-refractivity contribution is 0.0225. The van der Waals surface area contributed by atoms with Crippen LogP contribution in [0, 0.1) is 6.92 Å². The molecule has 0 bridgehead atoms. The van der Waals surface area contributed by atoms with E-state index in [9.17, 15) is 9.90 Å². The Morgan fingerprint density at radius 2 is 1.86 bits per heavy atom. The summed E-state index contributed by atoms with van der Waals surface area (Å²) in [5, 5.41) is 12.8. The summed E-state index contributed by atoms with van der Waals surface area (Å²) in [6.45, 7) is 5.66. The number of piperidine rings is 2. The number of aromatic nitrogens is 2. The molecular formula is C30H36N4O2. The number of aromatic amines is 2. The van der Waals surface area contributed by atoms with Gasteiger partial charge in [-0.15, -0.1) is 0 Å². The molecule has 3 N–H and O–H groups in total. The summed E-state index contributed by atoms with van der Waals surface area (Å²) < 4.78 is 0. The molecule has 0 spiro atoms. The standard InChI is InChI=1S/C30H36N4O2/c1-20-6-7-22-17-29(32-28(22)16-20)30(36)34-19-24(35)9-8-23(34)12-15-33-13-10-21(11-14-33)26-18-31-27-5-3-2-4-25(26)27/h2-7,16-18,21,23-24,31-32,35H,8-15,19H2,1H3/t23-,24+/m0/s1. The quantitative estimate of drug-likeness (QED) is 0.365. The minimum Gasteiger partial charge on any atom is -0.391 e. The number of likely N-dealkylation sites (tertiary alicyclic amines) is 2. The van der Waals surface area contributed by atoms with Crippen LogP contribution in [-0.2, 0) is 0 Å². The van der Waals surface area contributed by atoms with Crippen LogP contribution in [0.5, 0.6) is 0 Å². The van der Waals surface area contributed by atoms with Crippen molar-refractivity contribution in [1.82, 2.24) is 19.8 Å². The molecular weight excluding hydrogens is 448 g/mol. The number of fused-ring (bicyclic) bond motifs is 2. The van der Waals surface area contributed by atoms with Gasteiger partial charge < -0.3 is 24.9 Å². The molecule has 6 nitrogen and oxygen atoms in total. The van der Waals surface area contributed by atoms with Crippen molar-refractivity contribution in [3.05, 3.63) is 71.5 Å². The highest BCUT2D eigenvalue weighted by atomic mass is 16.3. The molecule has 2 saturated heterocycles. The van der Waals surface area contributed by atoms with E-state index < -0.39 is 6.10 Å². The predicted molar refractivity (Wildman–Crippen MR) is 144 cm³/mol. The number of carbonyl (C=O) groups is 1. The summed E-state index contributed by atoms with van der Waals surface area (Å²) in [5.74, 6) is 0.608. The van der Waals surface area contributed by atoms with E-state index in [4.69, 9.17) is 0 Å². The fraction of sp³-hybridized carbons (Fsp3) is 0.433. The number of hydrogen-bond donors (Lipinski definition) is 3. The second-order valence-corrected chi connectivity index (χ2v) is 10.8. The van der Waals surface area contributed by atoms with Crippen molar-refractivity contribution in [3.8, 4) is 0 Å². The number of para-hydroxylation sites is 1. The van der Waals surface area contributed by atoms with Crippen molar-refractivity contribution >= 4 is 27.7 Å². The van der Waals surface area contributed by atoms with Crippen molar-refractivity contribution in [1.29, 1.82) is 0 Å². The zero-order chi connectivity index (χ0) is 24.6. The van der Waals surface area contributed by atoms with E-state index in [2.05, 4.69) is 70.5 Å². The van der Waals surface area contributed by atoms with Crippen LogP contribution in [-0.4, -0.2) is 69.1 Å². The molecule has 0 aliphatic carbocycles. The zero-order valence-corrected chi connectivity index (χ0v) is 21.0. The highest BCUT2D eigenvalue weighted by Gasteiger charge is 2.33. The first-order valence-corrected chi connectivity index (χ1v) is 13.4. The van der Waals surface area contributed by atoms with Gasteiger partial charge in [0.2, 0.25) is 0 Å². The topological polar surface area (TPSA) is 75.4 Å². The number of aliphatic hydroxyl groups excluding tert-OH is 1. The molecule has 2 aromatic heterocycles. The van der Waals surface area contributed by atoms with Gasteiger partial charge in [0, 0.05) is 47.1 Å². The number of nitrogens with zero attached hydrogens (tertiary/aromatic N) is 2. The Morgan fingerprint density at radius 1 is 1.03 bits per heavy atom. The SMILES string of the molecule is Cc1ccc2cc(C(=O)N3C[C@H](O)CC[C@H]3CCN3CCC(c4c[nH]c5ccccc45)CC3)[nH]c2c1. The zero-order valence-electron chi connectivity index (χ0n) is 21.0. The predicted octanol–water partition coefficient (Wildman–Crippen LogP) is 5.19. The molecule has 4 aromatic rings. The monoisotopic (exact) mass is 484 g/mol. The Morgan fingerprint density at radius 3 is 2.72 bits per heavy atom. The summed E-state index contributed by atoms with van der Waals surface area (Å²) in [5.41, 5.74) is 5.46. The van der Waals surface area contributed by atoms with E-state index in [0.717, 1.165) is 49.8 Å². The van der Waals surface area contributed by atoms with Gasteiger partial charge in [-0.25, -0.2) is 0 Å². The lowest BCUT2D eigenvalue weighted by Crippen LogP contribution is -2.50. The number of hydrogen-bond acceptors (Lipinski definition) is 3. The lowest BCUT2D eigenvalue weighted by atomic mass is 9.89. The lowest BCUT2D eigenvalue weighted by Gasteiger charge is -2.39. The molecule has 2 aliphatic heterocycles. The molecule has 0 radical (unpaired) electrons. The Hall–Kier alpha value is -3.09. The first-order chi connectivity index (χ1) is 17.5. The third-order valence-corrected chi connectivity index (χ3v) is 8.38. The maximum atomic E-state index is 13.5. The number of H-pyrrole nitrogens is 2. The molecule has 2 fully saturated rings. The Balaban J connectivity index is 1.09. The van der Waals surface area contributed by atoms with E-state index >= 15 is 0 Å². The largest absolute Gasteiger partial charge is 0.391 e. The van der Waals surface area contributed by atoms with Gasteiger partial charge in [0.25, 0.3) is 5.91 Å². The van der Waals surface area contributed by atoms with Crippen LogP contribution in [0.15, 0.2) is 54.7 Å². The Labute approximate surface area is 212 Å². The number of aliphatic hydroxyl groups is 1. The molecule has 6 heteroatoms. The summed E-state index contributed by atoms with van der Waals surface area (Å²) in [4.78, 5) is 24.7. The molecule has 2 aromatic carbocycles. The number of benzene rings is 2. The second kappa shape index (κ2) is 9.75. The first kappa shape index (κ1) is 23.3. The molecule has 4 heterocycles. The molecule has 2 atom stereocenters. The van der Waals surface area contributed by atoms with Gasteiger partial charge in [-0.1, -0.05) is 30.3 Å². The molecule has 2 aliphatic rings. The number of carbonyl (C=O) groups excluding carboxylic acids is 1. The van der Waals surface area contributed by atoms with E-state index in [0.29, 0.717) is 18.2 Å². The first-order valence-electron chi connectivity index (χ1n) is 13.4. The van der Waals surface area contributed by atoms with Gasteiger partial charge in [-0.3, -0.25) is 4.79 Å². The van der Waals surface area contributed by atoms with E-state index in [1.165, 1.54) is 34.9 Å². The molecule has 0 unspecified atom stereocenters. The molecule has 188 valence electrons. The van der Waals surface area contributed by atoms with Crippen LogP contribution in [0.3, 0.4) is 0 Å². The molecule has 1 amide bonds. The van der Waals surface area contributed by atoms with Crippen molar-refractivity contribution in [2.24, 2.45) is 0 Å². The Bertz CT molecular complexity index is 1360. The summed E-state index contributed by atoms with van der Waals surface area (Å²) >= 11 is 0. The van der Waals surface area contributed by atoms with Crippen LogP contribution in [0.4, 0.5) is 0 Å². The highest BCUT2D eigenvalue weighted by molar-refractivity contribution is 5.98. The van der Waals surface area contributed by atoms with Gasteiger partial charge in [0.05, 0.1) is 6.10 Å². The van der Waals surface area contributed by atoms with Crippen LogP contribution >= 0.6 is 0 Å². The van der Waals surface area contributed by atoms with Gasteiger partial charge in [-0.2, -0.15) is 0 Å². The molecule has 6 rings (SSSR count). The molecule has 36 heavy (non-hydrogen) atoms. The van der Waals surface area contributed by atoms with Crippen molar-refractivity contribution in [3.63, 3.8) is 0 Å². The number of aryl methyl sites for hydroxylation is 1. The summed E-state index contributed by atoms with van der Waals surface area (Å²) in [6.07, 6.45) is 6.68. The second-order valence-electron chi connectivity index (χ2n) is 10.8. The Kier molecular flexibility index (Phi) is 6.32. The van der Waals surface area contributed by atoms with E-state index in [1.54, 1.807) is 0 Å². The van der Waals surface area contributed by atoms with Crippen LogP contribution in [0.2, 0.25) is 0 Å². The smallest absolute Gasteiger partial charge is 0.270 e. The average Bonchev–Trinajstić information content (AvgIpc) is 3.52. The van der Waals surface area contributed by atoms with E-state index in [1.807, 2.05) is 11.0 Å². The summed E-state index contributed by atoms with van der Waals surface area (Å²) in [6, 6.07) is 16.9. The van der Waals surface area contributed by atoms with Crippen LogP contribution in [0.1, 0.15) is 59.6 Å². The maximum absolute atomic E-state index is 13.5. The number of amides is 1. The van der Waals surface area contributed by atoms with Gasteiger partial charge in [-0.05, 0) is 87.4 Å². The summed E-state index contributed by atoms with van der Waals surface area (Å²) in [7, 11) is 0. The van der Waals surface area contributed by atoms with Crippen LogP contribution < -0.4 is 0 Å². The number of nitrogens with one attached hydrogen (secondary N) is 2. The minimum absolute atomic E-state index is 0.00523. The van der Waals surface area contributed by atoms with Crippen molar-refractivity contribution in [2.45, 2.75) is 57.1 Å². The van der Waals surface area contributed by atoms with Crippen LogP contribution in [0.25, 0.3) is 21.8 Å². The fourth-order valence-electron chi connectivity index (χ4n) is 6.30. The normalized spacial score (nSPS) is 22.0. The van der Waals surface area contributed by atoms with Gasteiger partial charge in [0.1, 0.15) is 5.69 Å². The third-order valence-electron chi connectivity index (χ3n) is 8.38. The fourth-order valence-corrected chi connectivity index (χ4v) is 6.30. The maximum Gasteiger partial charge on any atom is 0.270 e. The van der Waals surface area contributed by atoms with Crippen molar-refractivity contribution in [2.75, 3.05) is 26.2 Å². The number of rotatable bonds is 5. The minimum atomic E-state index is -0.441. The van der Waals surface area contributed by atoms with Gasteiger partial charge in [0.15, 0.2) is 0 Å². The molecule has 0 saturated carbocycles. The van der Waals surface area contributed by atoms with E-state index in [-0.39, 0.29) is 11.9 Å². The van der Waals surface area contributed by atoms with Crippen molar-refractivity contribution < 1.29 is 9.90 Å². The van der Waals surface area contributed by atoms with Gasteiger partial charge >= 0.3 is 0 Å². The average molecular weight is 485 g/mol. The number of β-amino-alcohol motifs (C(OH)–C–C–N with tert-alkyl or cyclic N) is 1. The highest BCUT2D eigenvalue weighted by Crippen LogP contribution is 2.33.